The summed E-state index contributed by atoms with van der Waals surface area (Å²) in [6.07, 6.45) is 11.2. The van der Waals surface area contributed by atoms with Gasteiger partial charge in [-0.15, -0.1) is 0 Å². The monoisotopic (exact) mass is 239 g/mol. The maximum Gasteiger partial charge on any atom is 0.0674 e. The molecule has 3 heterocycles. The van der Waals surface area contributed by atoms with Crippen LogP contribution < -0.4 is 0 Å². The Morgan fingerprint density at radius 3 is 1.83 bits per heavy atom. The van der Waals surface area contributed by atoms with Crippen LogP contribution >= 0.6 is 0 Å². The first-order chi connectivity index (χ1) is 8.90. The van der Waals surface area contributed by atoms with Crippen LogP contribution in [-0.4, -0.2) is 24.5 Å². The molecule has 0 N–H and O–H groups in total. The molecule has 0 saturated heterocycles. The Hall–Kier alpha value is -2.43. The lowest BCUT2D eigenvalue weighted by Gasteiger charge is -2.05. The highest BCUT2D eigenvalue weighted by molar-refractivity contribution is 5.18. The van der Waals surface area contributed by atoms with Gasteiger partial charge in [-0.05, 0) is 29.3 Å². The van der Waals surface area contributed by atoms with E-state index in [4.69, 9.17) is 0 Å². The van der Waals surface area contributed by atoms with Crippen LogP contribution in [0.4, 0.5) is 0 Å². The Morgan fingerprint density at radius 1 is 0.833 bits per heavy atom. The van der Waals surface area contributed by atoms with E-state index in [2.05, 4.69) is 21.2 Å². The Balaban J connectivity index is 1.76. The molecule has 0 amide bonds. The SMILES string of the molecule is c1cnn(Cc2cncc(Cn3cccn3)c2)c1. The van der Waals surface area contributed by atoms with Gasteiger partial charge >= 0.3 is 0 Å². The van der Waals surface area contributed by atoms with Crippen molar-refractivity contribution in [3.63, 3.8) is 0 Å². The lowest BCUT2D eigenvalue weighted by Crippen LogP contribution is -2.04. The summed E-state index contributed by atoms with van der Waals surface area (Å²) in [5, 5.41) is 8.38. The molecular formula is C13H13N5. The molecule has 3 rings (SSSR count). The average Bonchev–Trinajstić information content (AvgIpc) is 3.03. The molecule has 0 aromatic carbocycles. The first-order valence-corrected chi connectivity index (χ1v) is 5.78. The second kappa shape index (κ2) is 4.83. The van der Waals surface area contributed by atoms with Crippen LogP contribution in [0.25, 0.3) is 0 Å². The van der Waals surface area contributed by atoms with Crippen molar-refractivity contribution in [1.82, 2.24) is 24.5 Å². The fourth-order valence-electron chi connectivity index (χ4n) is 1.88. The smallest absolute Gasteiger partial charge is 0.0674 e. The highest BCUT2D eigenvalue weighted by Crippen LogP contribution is 2.06. The van der Waals surface area contributed by atoms with Gasteiger partial charge in [-0.25, -0.2) is 0 Å². The van der Waals surface area contributed by atoms with Crippen molar-refractivity contribution < 1.29 is 0 Å². The fourth-order valence-corrected chi connectivity index (χ4v) is 1.88. The predicted molar refractivity (Wildman–Crippen MR) is 66.9 cm³/mol. The van der Waals surface area contributed by atoms with E-state index in [0.29, 0.717) is 0 Å². The second-order valence-corrected chi connectivity index (χ2v) is 4.11. The van der Waals surface area contributed by atoms with E-state index in [-0.39, 0.29) is 0 Å². The molecule has 0 bridgehead atoms. The number of pyridine rings is 1. The van der Waals surface area contributed by atoms with E-state index in [1.807, 2.05) is 46.3 Å². The van der Waals surface area contributed by atoms with Crippen molar-refractivity contribution in [1.29, 1.82) is 0 Å². The highest BCUT2D eigenvalue weighted by atomic mass is 15.3. The summed E-state index contributed by atoms with van der Waals surface area (Å²) in [6.45, 7) is 1.49. The fraction of sp³-hybridized carbons (Fsp3) is 0.154. The van der Waals surface area contributed by atoms with Crippen LogP contribution in [0.15, 0.2) is 55.4 Å². The molecule has 0 aliphatic heterocycles. The molecule has 0 unspecified atom stereocenters. The van der Waals surface area contributed by atoms with E-state index in [0.717, 1.165) is 24.2 Å². The number of hydrogen-bond donors (Lipinski definition) is 0. The Bertz CT molecular complexity index is 547. The predicted octanol–water partition coefficient (Wildman–Crippen LogP) is 1.57. The minimum absolute atomic E-state index is 0.743. The summed E-state index contributed by atoms with van der Waals surface area (Å²) in [7, 11) is 0. The normalized spacial score (nSPS) is 10.7. The van der Waals surface area contributed by atoms with Gasteiger partial charge in [0.2, 0.25) is 0 Å². The van der Waals surface area contributed by atoms with Crippen molar-refractivity contribution in [3.8, 4) is 0 Å². The minimum atomic E-state index is 0.743. The van der Waals surface area contributed by atoms with Gasteiger partial charge in [-0.1, -0.05) is 0 Å². The van der Waals surface area contributed by atoms with E-state index >= 15 is 0 Å². The van der Waals surface area contributed by atoms with Crippen molar-refractivity contribution in [3.05, 3.63) is 66.5 Å². The zero-order valence-corrected chi connectivity index (χ0v) is 9.85. The van der Waals surface area contributed by atoms with Gasteiger partial charge < -0.3 is 0 Å². The standard InChI is InChI=1S/C13H13N5/c1-3-15-17(5-1)10-12-7-13(9-14-8-12)11-18-6-2-4-16-18/h1-9H,10-11H2. The van der Waals surface area contributed by atoms with Gasteiger partial charge in [0, 0.05) is 37.2 Å². The summed E-state index contributed by atoms with van der Waals surface area (Å²) in [5.41, 5.74) is 2.28. The maximum atomic E-state index is 4.26. The zero-order chi connectivity index (χ0) is 12.2. The first-order valence-electron chi connectivity index (χ1n) is 5.78. The third-order valence-corrected chi connectivity index (χ3v) is 2.66. The lowest BCUT2D eigenvalue weighted by molar-refractivity contribution is 0.670. The second-order valence-electron chi connectivity index (χ2n) is 4.11. The average molecular weight is 239 g/mol. The third kappa shape index (κ3) is 2.45. The molecular weight excluding hydrogens is 226 g/mol. The van der Waals surface area contributed by atoms with E-state index in [1.165, 1.54) is 0 Å². The van der Waals surface area contributed by atoms with Gasteiger partial charge in [-0.3, -0.25) is 14.3 Å². The highest BCUT2D eigenvalue weighted by Gasteiger charge is 2.00. The largest absolute Gasteiger partial charge is 0.268 e. The van der Waals surface area contributed by atoms with Crippen LogP contribution in [0.1, 0.15) is 11.1 Å². The summed E-state index contributed by atoms with van der Waals surface area (Å²) >= 11 is 0. The molecule has 3 aromatic heterocycles. The van der Waals surface area contributed by atoms with Crippen molar-refractivity contribution in [2.75, 3.05) is 0 Å². The molecule has 90 valence electrons. The molecule has 0 aliphatic rings. The summed E-state index contributed by atoms with van der Waals surface area (Å²) in [4.78, 5) is 4.26. The van der Waals surface area contributed by atoms with Gasteiger partial charge in [0.1, 0.15) is 0 Å². The van der Waals surface area contributed by atoms with Crippen LogP contribution in [-0.2, 0) is 13.1 Å². The topological polar surface area (TPSA) is 48.5 Å². The van der Waals surface area contributed by atoms with E-state index in [9.17, 15) is 0 Å². The van der Waals surface area contributed by atoms with Crippen molar-refractivity contribution >= 4 is 0 Å². The van der Waals surface area contributed by atoms with Crippen LogP contribution in [0, 0.1) is 0 Å². The molecule has 0 atom stereocenters. The van der Waals surface area contributed by atoms with Crippen molar-refractivity contribution in [2.24, 2.45) is 0 Å². The van der Waals surface area contributed by atoms with E-state index < -0.39 is 0 Å². The Kier molecular flexibility index (Phi) is 2.87. The zero-order valence-electron chi connectivity index (χ0n) is 9.85. The van der Waals surface area contributed by atoms with Gasteiger partial charge in [0.05, 0.1) is 13.1 Å². The summed E-state index contributed by atoms with van der Waals surface area (Å²) in [6, 6.07) is 5.97. The molecule has 18 heavy (non-hydrogen) atoms. The third-order valence-electron chi connectivity index (χ3n) is 2.66. The number of rotatable bonds is 4. The van der Waals surface area contributed by atoms with Crippen LogP contribution in [0.5, 0.6) is 0 Å². The molecule has 0 radical (unpaired) electrons. The molecule has 0 fully saturated rings. The van der Waals surface area contributed by atoms with Crippen molar-refractivity contribution in [2.45, 2.75) is 13.1 Å². The molecule has 0 aliphatic carbocycles. The molecule has 5 heteroatoms. The molecule has 0 saturated carbocycles. The van der Waals surface area contributed by atoms with E-state index in [1.54, 1.807) is 12.4 Å². The minimum Gasteiger partial charge on any atom is -0.268 e. The van der Waals surface area contributed by atoms with Crippen LogP contribution in [0.2, 0.25) is 0 Å². The number of aromatic nitrogens is 5. The summed E-state index contributed by atoms with van der Waals surface area (Å²) in [5.74, 6) is 0. The molecule has 3 aromatic rings. The number of hydrogen-bond acceptors (Lipinski definition) is 3. The first kappa shape index (κ1) is 10.7. The van der Waals surface area contributed by atoms with Gasteiger partial charge in [0.25, 0.3) is 0 Å². The lowest BCUT2D eigenvalue weighted by atomic mass is 10.2. The quantitative estimate of drug-likeness (QED) is 0.694. The van der Waals surface area contributed by atoms with Gasteiger partial charge in [-0.2, -0.15) is 10.2 Å². The summed E-state index contributed by atoms with van der Waals surface area (Å²) < 4.78 is 3.77. The molecule has 5 nitrogen and oxygen atoms in total. The van der Waals surface area contributed by atoms with Gasteiger partial charge in [0.15, 0.2) is 0 Å². The molecule has 0 spiro atoms. The Labute approximate surface area is 105 Å². The number of nitrogens with zero attached hydrogens (tertiary/aromatic N) is 5. The maximum absolute atomic E-state index is 4.26. The Morgan fingerprint density at radius 2 is 1.39 bits per heavy atom. The van der Waals surface area contributed by atoms with Crippen LogP contribution in [0.3, 0.4) is 0 Å².